The Morgan fingerprint density at radius 1 is 1.19 bits per heavy atom. The van der Waals surface area contributed by atoms with Gasteiger partial charge in [-0.2, -0.15) is 5.10 Å². The van der Waals surface area contributed by atoms with Crippen molar-refractivity contribution in [2.45, 2.75) is 44.6 Å². The number of carbonyl (C=O) groups excluding carboxylic acids is 1. The minimum atomic E-state index is -0.200. The van der Waals surface area contributed by atoms with E-state index in [1.807, 2.05) is 30.3 Å². The number of nitrogens with zero attached hydrogens (tertiary/aromatic N) is 4. The fraction of sp³-hybridized carbons (Fsp3) is 0.368. The van der Waals surface area contributed by atoms with Crippen LogP contribution in [0.5, 0.6) is 0 Å². The third-order valence-corrected chi connectivity index (χ3v) is 5.09. The highest BCUT2D eigenvalue weighted by Gasteiger charge is 2.26. The summed E-state index contributed by atoms with van der Waals surface area (Å²) in [6.07, 6.45) is 5.64. The molecule has 2 N–H and O–H groups in total. The van der Waals surface area contributed by atoms with Gasteiger partial charge < -0.3 is 9.88 Å². The van der Waals surface area contributed by atoms with Crippen LogP contribution in [0.3, 0.4) is 0 Å². The third-order valence-electron chi connectivity index (χ3n) is 5.09. The number of aromatic amines is 1. The molecule has 0 radical (unpaired) electrons. The zero-order valence-electron chi connectivity index (χ0n) is 14.4. The first-order valence-electron chi connectivity index (χ1n) is 9.17. The van der Waals surface area contributed by atoms with Gasteiger partial charge in [-0.1, -0.05) is 12.1 Å². The van der Waals surface area contributed by atoms with Crippen molar-refractivity contribution in [3.05, 3.63) is 47.5 Å². The van der Waals surface area contributed by atoms with Crippen LogP contribution in [0, 0.1) is 0 Å². The second kappa shape index (κ2) is 6.09. The van der Waals surface area contributed by atoms with Gasteiger partial charge in [-0.15, -0.1) is 10.2 Å². The van der Waals surface area contributed by atoms with Crippen molar-refractivity contribution in [1.29, 1.82) is 0 Å². The fourth-order valence-electron chi connectivity index (χ4n) is 3.51. The Morgan fingerprint density at radius 3 is 3.00 bits per heavy atom. The molecule has 26 heavy (non-hydrogen) atoms. The minimum Gasteiger partial charge on any atom is -0.321 e. The van der Waals surface area contributed by atoms with Crippen LogP contribution in [-0.4, -0.2) is 30.9 Å². The molecule has 132 valence electrons. The van der Waals surface area contributed by atoms with Crippen LogP contribution >= 0.6 is 0 Å². The van der Waals surface area contributed by atoms with Crippen LogP contribution in [0.4, 0.5) is 5.69 Å². The molecular formula is C19H20N6O. The van der Waals surface area contributed by atoms with Gasteiger partial charge in [-0.25, -0.2) is 0 Å². The summed E-state index contributed by atoms with van der Waals surface area (Å²) in [5.41, 5.74) is 3.18. The normalized spacial score (nSPS) is 16.3. The highest BCUT2D eigenvalue weighted by Crippen LogP contribution is 2.39. The van der Waals surface area contributed by atoms with E-state index in [2.05, 4.69) is 30.3 Å². The Labute approximate surface area is 150 Å². The van der Waals surface area contributed by atoms with Crippen LogP contribution in [0.25, 0.3) is 11.4 Å². The van der Waals surface area contributed by atoms with Crippen LogP contribution in [0.1, 0.15) is 53.6 Å². The highest BCUT2D eigenvalue weighted by molar-refractivity contribution is 6.03. The van der Waals surface area contributed by atoms with Crippen LogP contribution in [-0.2, 0) is 13.0 Å². The van der Waals surface area contributed by atoms with Crippen molar-refractivity contribution in [3.63, 3.8) is 0 Å². The van der Waals surface area contributed by atoms with Gasteiger partial charge in [0.15, 0.2) is 11.5 Å². The zero-order valence-corrected chi connectivity index (χ0v) is 14.4. The van der Waals surface area contributed by atoms with E-state index in [-0.39, 0.29) is 5.91 Å². The molecule has 2 aromatic heterocycles. The van der Waals surface area contributed by atoms with Crippen molar-refractivity contribution >= 4 is 11.6 Å². The predicted molar refractivity (Wildman–Crippen MR) is 96.9 cm³/mol. The standard InChI is InChI=1S/C19H20N6O/c26-19(16-11-15(21-22-16)12-7-8-12)20-14-5-3-4-13(10-14)18-24-23-17-6-1-2-9-25(17)18/h3-5,10-12H,1-2,6-9H2,(H,20,26)(H,21,22). The molecule has 1 fully saturated rings. The van der Waals surface area contributed by atoms with Gasteiger partial charge in [0, 0.05) is 35.8 Å². The lowest BCUT2D eigenvalue weighted by atomic mass is 10.1. The molecule has 1 aromatic carbocycles. The lowest BCUT2D eigenvalue weighted by Crippen LogP contribution is -2.13. The van der Waals surface area contributed by atoms with Crippen molar-refractivity contribution in [1.82, 2.24) is 25.0 Å². The monoisotopic (exact) mass is 348 g/mol. The van der Waals surface area contributed by atoms with E-state index in [9.17, 15) is 4.79 Å². The van der Waals surface area contributed by atoms with Crippen molar-refractivity contribution < 1.29 is 4.79 Å². The molecule has 3 aromatic rings. The maximum absolute atomic E-state index is 12.5. The van der Waals surface area contributed by atoms with E-state index in [0.29, 0.717) is 11.6 Å². The number of benzene rings is 1. The van der Waals surface area contributed by atoms with Crippen molar-refractivity contribution in [2.75, 3.05) is 5.32 Å². The molecule has 0 atom stereocenters. The molecule has 2 aliphatic rings. The smallest absolute Gasteiger partial charge is 0.276 e. The molecule has 5 rings (SSSR count). The quantitative estimate of drug-likeness (QED) is 0.758. The van der Waals surface area contributed by atoms with Crippen molar-refractivity contribution in [2.24, 2.45) is 0 Å². The summed E-state index contributed by atoms with van der Waals surface area (Å²) in [6, 6.07) is 9.60. The number of hydrogen-bond acceptors (Lipinski definition) is 4. The highest BCUT2D eigenvalue weighted by atomic mass is 16.1. The summed E-state index contributed by atoms with van der Waals surface area (Å²) in [7, 11) is 0. The molecule has 0 saturated heterocycles. The summed E-state index contributed by atoms with van der Waals surface area (Å²) >= 11 is 0. The topological polar surface area (TPSA) is 88.5 Å². The van der Waals surface area contributed by atoms with Crippen LogP contribution in [0.15, 0.2) is 30.3 Å². The number of aryl methyl sites for hydroxylation is 1. The third kappa shape index (κ3) is 2.79. The van der Waals surface area contributed by atoms with E-state index < -0.39 is 0 Å². The minimum absolute atomic E-state index is 0.200. The van der Waals surface area contributed by atoms with Crippen LogP contribution in [0.2, 0.25) is 0 Å². The molecule has 0 spiro atoms. The Hall–Kier alpha value is -2.96. The Balaban J connectivity index is 1.37. The SMILES string of the molecule is O=C(Nc1cccc(-c2nnc3n2CCCC3)c1)c1cc(C2CC2)[nH]n1. The summed E-state index contributed by atoms with van der Waals surface area (Å²) < 4.78 is 2.18. The van der Waals surface area contributed by atoms with Gasteiger partial charge >= 0.3 is 0 Å². The molecule has 3 heterocycles. The number of fused-ring (bicyclic) bond motifs is 1. The largest absolute Gasteiger partial charge is 0.321 e. The number of nitrogens with one attached hydrogen (secondary N) is 2. The molecule has 7 heteroatoms. The van der Waals surface area contributed by atoms with Gasteiger partial charge in [0.05, 0.1) is 0 Å². The first kappa shape index (κ1) is 15.3. The second-order valence-corrected chi connectivity index (χ2v) is 7.07. The average molecular weight is 348 g/mol. The van der Waals surface area contributed by atoms with E-state index in [0.717, 1.165) is 48.0 Å². The first-order chi connectivity index (χ1) is 12.8. The molecule has 0 unspecified atom stereocenters. The van der Waals surface area contributed by atoms with Gasteiger partial charge in [0.1, 0.15) is 5.82 Å². The molecule has 1 aliphatic carbocycles. The van der Waals surface area contributed by atoms with Crippen LogP contribution < -0.4 is 5.32 Å². The Bertz CT molecular complexity index is 968. The molecule has 0 bridgehead atoms. The number of carbonyl (C=O) groups is 1. The summed E-state index contributed by atoms with van der Waals surface area (Å²) in [5.74, 6) is 2.26. The van der Waals surface area contributed by atoms with E-state index >= 15 is 0 Å². The van der Waals surface area contributed by atoms with Gasteiger partial charge in [0.25, 0.3) is 5.91 Å². The molecule has 1 amide bonds. The Morgan fingerprint density at radius 2 is 2.12 bits per heavy atom. The van der Waals surface area contributed by atoms with Gasteiger partial charge in [-0.05, 0) is 43.9 Å². The molecular weight excluding hydrogens is 328 g/mol. The van der Waals surface area contributed by atoms with E-state index in [1.165, 1.54) is 19.3 Å². The maximum atomic E-state index is 12.5. The number of amides is 1. The predicted octanol–water partition coefficient (Wildman–Crippen LogP) is 3.13. The summed E-state index contributed by atoms with van der Waals surface area (Å²) in [4.78, 5) is 12.5. The zero-order chi connectivity index (χ0) is 17.5. The van der Waals surface area contributed by atoms with Gasteiger partial charge in [-0.3, -0.25) is 9.89 Å². The molecule has 1 saturated carbocycles. The summed E-state index contributed by atoms with van der Waals surface area (Å²) in [6.45, 7) is 0.950. The number of anilines is 1. The van der Waals surface area contributed by atoms with E-state index in [1.54, 1.807) is 0 Å². The first-order valence-corrected chi connectivity index (χ1v) is 9.17. The second-order valence-electron chi connectivity index (χ2n) is 7.07. The number of H-pyrrole nitrogens is 1. The van der Waals surface area contributed by atoms with Gasteiger partial charge in [0.2, 0.25) is 0 Å². The van der Waals surface area contributed by atoms with Crippen molar-refractivity contribution in [3.8, 4) is 11.4 Å². The average Bonchev–Trinajstić information content (AvgIpc) is 3.24. The fourth-order valence-corrected chi connectivity index (χ4v) is 3.51. The van der Waals surface area contributed by atoms with E-state index in [4.69, 9.17) is 0 Å². The molecule has 7 nitrogen and oxygen atoms in total. The molecule has 1 aliphatic heterocycles. The lowest BCUT2D eigenvalue weighted by molar-refractivity contribution is 0.102. The number of aromatic nitrogens is 5. The maximum Gasteiger partial charge on any atom is 0.276 e. The number of hydrogen-bond donors (Lipinski definition) is 2. The summed E-state index contributed by atoms with van der Waals surface area (Å²) in [5, 5.41) is 18.7. The lowest BCUT2D eigenvalue weighted by Gasteiger charge is -2.15. The Kier molecular flexibility index (Phi) is 3.58. The number of rotatable bonds is 4.